The maximum Gasteiger partial charge on any atom is 0.233 e. The van der Waals surface area contributed by atoms with E-state index in [2.05, 4.69) is 55.0 Å². The van der Waals surface area contributed by atoms with Gasteiger partial charge in [0.2, 0.25) is 5.91 Å². The predicted molar refractivity (Wildman–Crippen MR) is 113 cm³/mol. The molecule has 1 saturated carbocycles. The maximum atomic E-state index is 13.3. The first-order chi connectivity index (χ1) is 11.6. The normalized spacial score (nSPS) is 25.7. The van der Waals surface area contributed by atoms with Gasteiger partial charge in [0.05, 0.1) is 5.41 Å². The number of halogens is 2. The summed E-state index contributed by atoms with van der Waals surface area (Å²) in [5, 5.41) is 0. The summed E-state index contributed by atoms with van der Waals surface area (Å²) in [6, 6.07) is 10.5. The van der Waals surface area contributed by atoms with Crippen molar-refractivity contribution < 1.29 is 4.79 Å². The average molecular weight is 402 g/mol. The fourth-order valence-corrected chi connectivity index (χ4v) is 4.16. The summed E-state index contributed by atoms with van der Waals surface area (Å²) >= 11 is 0. The van der Waals surface area contributed by atoms with Gasteiger partial charge < -0.3 is 14.7 Å². The van der Waals surface area contributed by atoms with Gasteiger partial charge in [-0.25, -0.2) is 0 Å². The number of hydrogen-bond donors (Lipinski definition) is 0. The first kappa shape index (κ1) is 23.2. The highest BCUT2D eigenvalue weighted by Crippen LogP contribution is 2.55. The van der Waals surface area contributed by atoms with Crippen LogP contribution in [0.5, 0.6) is 0 Å². The number of piperazine rings is 1. The van der Waals surface area contributed by atoms with Crippen molar-refractivity contribution in [1.29, 1.82) is 0 Å². The Morgan fingerprint density at radius 1 is 1.08 bits per heavy atom. The van der Waals surface area contributed by atoms with Gasteiger partial charge >= 0.3 is 0 Å². The minimum Gasteiger partial charge on any atom is -0.342 e. The first-order valence-corrected chi connectivity index (χ1v) is 9.37. The molecule has 1 aliphatic carbocycles. The lowest BCUT2D eigenvalue weighted by Gasteiger charge is -2.33. The van der Waals surface area contributed by atoms with Crippen LogP contribution >= 0.6 is 24.8 Å². The first-order valence-electron chi connectivity index (χ1n) is 9.37. The molecule has 1 saturated heterocycles. The smallest absolute Gasteiger partial charge is 0.233 e. The van der Waals surface area contributed by atoms with Gasteiger partial charge in [0.1, 0.15) is 0 Å². The highest BCUT2D eigenvalue weighted by molar-refractivity contribution is 5.92. The number of hydrogen-bond acceptors (Lipinski definition) is 3. The van der Waals surface area contributed by atoms with Gasteiger partial charge in [-0.1, -0.05) is 30.3 Å². The summed E-state index contributed by atoms with van der Waals surface area (Å²) in [4.78, 5) is 20.2. The molecule has 4 nitrogen and oxygen atoms in total. The van der Waals surface area contributed by atoms with Crippen molar-refractivity contribution in [3.8, 4) is 0 Å². The summed E-state index contributed by atoms with van der Waals surface area (Å²) in [5.41, 5.74) is 0.928. The standard InChI is InChI=1S/C20H31N3O.2ClH/c1-4-23(5-2)19(24)20(17-9-7-6-8-10-17)15-18(20)16-22-13-11-21(3)12-14-22;;/h6-10,18H,4-5,11-16H2,1-3H3;2*1H/t18-,20-;;/m0../s1. The van der Waals surface area contributed by atoms with Crippen LogP contribution in [0.25, 0.3) is 0 Å². The van der Waals surface area contributed by atoms with E-state index in [9.17, 15) is 4.79 Å². The van der Waals surface area contributed by atoms with Gasteiger partial charge in [0.15, 0.2) is 0 Å². The maximum absolute atomic E-state index is 13.3. The van der Waals surface area contributed by atoms with Crippen LogP contribution in [0.1, 0.15) is 25.8 Å². The van der Waals surface area contributed by atoms with E-state index in [-0.39, 0.29) is 30.2 Å². The molecule has 0 radical (unpaired) electrons. The Morgan fingerprint density at radius 2 is 1.65 bits per heavy atom. The van der Waals surface area contributed by atoms with Crippen LogP contribution in [0.15, 0.2) is 30.3 Å². The van der Waals surface area contributed by atoms with Gasteiger partial charge in [-0.05, 0) is 38.8 Å². The Hall–Kier alpha value is -0.810. The number of benzene rings is 1. The van der Waals surface area contributed by atoms with Crippen LogP contribution in [-0.4, -0.2) is 73.5 Å². The molecule has 1 amide bonds. The third-order valence-electron chi connectivity index (χ3n) is 5.90. The summed E-state index contributed by atoms with van der Waals surface area (Å²) in [6.07, 6.45) is 0.999. The zero-order chi connectivity index (χ0) is 17.2. The van der Waals surface area contributed by atoms with E-state index >= 15 is 0 Å². The number of likely N-dealkylation sites (N-methyl/N-ethyl adjacent to an activating group) is 2. The lowest BCUT2D eigenvalue weighted by Crippen LogP contribution is -2.46. The lowest BCUT2D eigenvalue weighted by atomic mass is 9.91. The van der Waals surface area contributed by atoms with Crippen LogP contribution in [-0.2, 0) is 10.2 Å². The molecule has 0 N–H and O–H groups in total. The van der Waals surface area contributed by atoms with Crippen LogP contribution in [0, 0.1) is 5.92 Å². The van der Waals surface area contributed by atoms with E-state index in [1.807, 2.05) is 11.0 Å². The van der Waals surface area contributed by atoms with E-state index in [1.165, 1.54) is 5.56 Å². The summed E-state index contributed by atoms with van der Waals surface area (Å²) in [6.45, 7) is 11.3. The van der Waals surface area contributed by atoms with Crippen molar-refractivity contribution in [2.75, 3.05) is 52.9 Å². The van der Waals surface area contributed by atoms with Crippen molar-refractivity contribution in [1.82, 2.24) is 14.7 Å². The van der Waals surface area contributed by atoms with Gasteiger partial charge in [-0.3, -0.25) is 4.79 Å². The Morgan fingerprint density at radius 3 is 2.19 bits per heavy atom. The highest BCUT2D eigenvalue weighted by Gasteiger charge is 2.61. The molecule has 0 aromatic heterocycles. The van der Waals surface area contributed by atoms with Crippen LogP contribution in [0.2, 0.25) is 0 Å². The topological polar surface area (TPSA) is 26.8 Å². The molecule has 0 spiro atoms. The summed E-state index contributed by atoms with van der Waals surface area (Å²) in [5.74, 6) is 0.786. The van der Waals surface area contributed by atoms with E-state index < -0.39 is 0 Å². The van der Waals surface area contributed by atoms with Gasteiger partial charge in [0.25, 0.3) is 0 Å². The molecule has 1 heterocycles. The zero-order valence-electron chi connectivity index (χ0n) is 16.2. The van der Waals surface area contributed by atoms with Crippen LogP contribution in [0.4, 0.5) is 0 Å². The fraction of sp³-hybridized carbons (Fsp3) is 0.650. The Kier molecular flexibility index (Phi) is 8.87. The summed E-state index contributed by atoms with van der Waals surface area (Å²) in [7, 11) is 2.19. The van der Waals surface area contributed by atoms with E-state index in [0.29, 0.717) is 11.8 Å². The van der Waals surface area contributed by atoms with Crippen LogP contribution in [0.3, 0.4) is 0 Å². The molecule has 26 heavy (non-hydrogen) atoms. The molecule has 0 unspecified atom stereocenters. The molecular weight excluding hydrogens is 369 g/mol. The second-order valence-electron chi connectivity index (χ2n) is 7.32. The minimum atomic E-state index is -0.281. The molecule has 2 fully saturated rings. The molecule has 6 heteroatoms. The predicted octanol–water partition coefficient (Wildman–Crippen LogP) is 2.90. The van der Waals surface area contributed by atoms with E-state index in [0.717, 1.165) is 52.2 Å². The van der Waals surface area contributed by atoms with Crippen molar-refractivity contribution in [2.45, 2.75) is 25.7 Å². The number of rotatable bonds is 6. The van der Waals surface area contributed by atoms with E-state index in [4.69, 9.17) is 0 Å². The molecule has 2 aliphatic rings. The van der Waals surface area contributed by atoms with Crippen molar-refractivity contribution >= 4 is 30.7 Å². The second kappa shape index (κ2) is 9.93. The van der Waals surface area contributed by atoms with Gasteiger partial charge in [0, 0.05) is 45.8 Å². The molecule has 1 aromatic carbocycles. The zero-order valence-corrected chi connectivity index (χ0v) is 17.8. The van der Waals surface area contributed by atoms with Crippen molar-refractivity contribution in [2.24, 2.45) is 5.92 Å². The minimum absolute atomic E-state index is 0. The Balaban J connectivity index is 0.00000169. The van der Waals surface area contributed by atoms with Gasteiger partial charge in [-0.2, -0.15) is 0 Å². The fourth-order valence-electron chi connectivity index (χ4n) is 4.16. The SMILES string of the molecule is CCN(CC)C(=O)[C@]1(c2ccccc2)C[C@H]1CN1CCN(C)CC1.Cl.Cl. The van der Waals surface area contributed by atoms with Crippen molar-refractivity contribution in [3.05, 3.63) is 35.9 Å². The van der Waals surface area contributed by atoms with E-state index in [1.54, 1.807) is 0 Å². The van der Waals surface area contributed by atoms with Crippen molar-refractivity contribution in [3.63, 3.8) is 0 Å². The third kappa shape index (κ3) is 4.53. The average Bonchev–Trinajstić information content (AvgIpc) is 3.34. The highest BCUT2D eigenvalue weighted by atomic mass is 35.5. The van der Waals surface area contributed by atoms with Crippen LogP contribution < -0.4 is 0 Å². The Labute approximate surface area is 170 Å². The lowest BCUT2D eigenvalue weighted by molar-refractivity contribution is -0.134. The second-order valence-corrected chi connectivity index (χ2v) is 7.32. The number of carbonyl (C=O) groups excluding carboxylic acids is 1. The molecule has 2 atom stereocenters. The monoisotopic (exact) mass is 401 g/mol. The van der Waals surface area contributed by atoms with Gasteiger partial charge in [-0.15, -0.1) is 24.8 Å². The molecule has 148 valence electrons. The molecule has 1 aliphatic heterocycles. The number of carbonyl (C=O) groups is 1. The largest absolute Gasteiger partial charge is 0.342 e. The number of amides is 1. The molecular formula is C20H33Cl2N3O. The Bertz CT molecular complexity index is 559. The molecule has 1 aromatic rings. The third-order valence-corrected chi connectivity index (χ3v) is 5.90. The quantitative estimate of drug-likeness (QED) is 0.732. The molecule has 0 bridgehead atoms. The number of nitrogens with zero attached hydrogens (tertiary/aromatic N) is 3. The molecule has 3 rings (SSSR count). The summed E-state index contributed by atoms with van der Waals surface area (Å²) < 4.78 is 0.